The second-order valence-corrected chi connectivity index (χ2v) is 3.21. The third kappa shape index (κ3) is 1.88. The number of amides is 3. The van der Waals surface area contributed by atoms with Gasteiger partial charge in [-0.15, -0.1) is 0 Å². The molecule has 1 heterocycles. The molecule has 1 saturated heterocycles. The third-order valence-corrected chi connectivity index (χ3v) is 2.14. The Labute approximate surface area is 75.9 Å². The number of nitrogens with one attached hydrogen (secondary N) is 1. The molecule has 0 bridgehead atoms. The number of hydrogen-bond acceptors (Lipinski definition) is 2. The quantitative estimate of drug-likeness (QED) is 0.409. The highest BCUT2D eigenvalue weighted by molar-refractivity contribution is 6.22. The van der Waals surface area contributed by atoms with Gasteiger partial charge in [-0.2, -0.15) is 0 Å². The number of urea groups is 1. The summed E-state index contributed by atoms with van der Waals surface area (Å²) in [6.07, 6.45) is 1.61. The number of halogens is 1. The molecule has 1 aliphatic rings. The molecule has 1 aliphatic heterocycles. The maximum absolute atomic E-state index is 11.0. The van der Waals surface area contributed by atoms with Crippen LogP contribution in [-0.4, -0.2) is 28.9 Å². The molecule has 0 spiro atoms. The summed E-state index contributed by atoms with van der Waals surface area (Å²) in [5.74, 6) is -0.276. The number of imide groups is 1. The predicted octanol–water partition coefficient (Wildman–Crippen LogP) is 0.903. The highest BCUT2D eigenvalue weighted by Crippen LogP contribution is 2.13. The van der Waals surface area contributed by atoms with Gasteiger partial charge >= 0.3 is 6.03 Å². The number of carbonyl (C=O) groups is 2. The summed E-state index contributed by atoms with van der Waals surface area (Å²) >= 11 is 5.86. The maximum Gasteiger partial charge on any atom is 0.325 e. The Hall–Kier alpha value is -0.770. The molecule has 1 unspecified atom stereocenters. The zero-order valence-electron chi connectivity index (χ0n) is 6.84. The van der Waals surface area contributed by atoms with Crippen LogP contribution < -0.4 is 5.32 Å². The number of alkyl halides is 1. The smallest absolute Gasteiger partial charge is 0.299 e. The Morgan fingerprint density at radius 2 is 2.33 bits per heavy atom. The molecule has 3 amide bonds. The van der Waals surface area contributed by atoms with Crippen molar-refractivity contribution in [3.8, 4) is 0 Å². The molecule has 4 nitrogen and oxygen atoms in total. The standard InChI is InChI=1S/C7H11ClN2O2/c1-2-3-5(8)10-4-6(11)9-7(10)12/h5H,2-4H2,1H3,(H,9,11,12). The van der Waals surface area contributed by atoms with Crippen LogP contribution in [0.15, 0.2) is 0 Å². The fourth-order valence-electron chi connectivity index (χ4n) is 1.08. The Morgan fingerprint density at radius 1 is 1.67 bits per heavy atom. The Kier molecular flexibility index (Phi) is 2.92. The molecule has 68 valence electrons. The third-order valence-electron chi connectivity index (χ3n) is 1.69. The van der Waals surface area contributed by atoms with Crippen molar-refractivity contribution in [3.63, 3.8) is 0 Å². The van der Waals surface area contributed by atoms with Gasteiger partial charge in [0.2, 0.25) is 5.91 Å². The lowest BCUT2D eigenvalue weighted by molar-refractivity contribution is -0.118. The van der Waals surface area contributed by atoms with Crippen LogP contribution in [0.2, 0.25) is 0 Å². The van der Waals surface area contributed by atoms with Crippen molar-refractivity contribution in [1.82, 2.24) is 10.2 Å². The van der Waals surface area contributed by atoms with E-state index in [4.69, 9.17) is 11.6 Å². The van der Waals surface area contributed by atoms with Crippen LogP contribution in [0, 0.1) is 0 Å². The Balaban J connectivity index is 2.51. The maximum atomic E-state index is 11.0. The van der Waals surface area contributed by atoms with E-state index in [-0.39, 0.29) is 24.0 Å². The average Bonchev–Trinajstić information content (AvgIpc) is 2.30. The lowest BCUT2D eigenvalue weighted by Gasteiger charge is -2.18. The van der Waals surface area contributed by atoms with Crippen molar-refractivity contribution in [2.75, 3.05) is 6.54 Å². The van der Waals surface area contributed by atoms with Gasteiger partial charge in [-0.1, -0.05) is 24.9 Å². The summed E-state index contributed by atoms with van der Waals surface area (Å²) in [6.45, 7) is 2.07. The molecule has 0 aromatic heterocycles. The van der Waals surface area contributed by atoms with Crippen molar-refractivity contribution in [2.45, 2.75) is 25.3 Å². The Morgan fingerprint density at radius 3 is 2.75 bits per heavy atom. The first-order valence-corrected chi connectivity index (χ1v) is 4.33. The van der Waals surface area contributed by atoms with E-state index in [0.29, 0.717) is 6.42 Å². The molecule has 1 atom stereocenters. The van der Waals surface area contributed by atoms with Gasteiger partial charge < -0.3 is 0 Å². The molecule has 12 heavy (non-hydrogen) atoms. The van der Waals surface area contributed by atoms with Crippen molar-refractivity contribution in [1.29, 1.82) is 0 Å². The van der Waals surface area contributed by atoms with Crippen molar-refractivity contribution in [2.24, 2.45) is 0 Å². The summed E-state index contributed by atoms with van der Waals surface area (Å²) in [5, 5.41) is 2.17. The first kappa shape index (κ1) is 9.32. The minimum atomic E-state index is -0.381. The van der Waals surface area contributed by atoms with E-state index in [1.54, 1.807) is 0 Å². The summed E-state index contributed by atoms with van der Waals surface area (Å²) < 4.78 is 0. The van der Waals surface area contributed by atoms with Crippen LogP contribution in [0.5, 0.6) is 0 Å². The van der Waals surface area contributed by atoms with Crippen molar-refractivity contribution in [3.05, 3.63) is 0 Å². The molecular weight excluding hydrogens is 180 g/mol. The van der Waals surface area contributed by atoms with E-state index < -0.39 is 0 Å². The second-order valence-electron chi connectivity index (χ2n) is 2.70. The predicted molar refractivity (Wildman–Crippen MR) is 44.8 cm³/mol. The first-order valence-electron chi connectivity index (χ1n) is 3.89. The largest absolute Gasteiger partial charge is 0.325 e. The topological polar surface area (TPSA) is 49.4 Å². The highest BCUT2D eigenvalue weighted by atomic mass is 35.5. The van der Waals surface area contributed by atoms with Gasteiger partial charge in [0.25, 0.3) is 0 Å². The molecule has 1 fully saturated rings. The van der Waals surface area contributed by atoms with Gasteiger partial charge in [0.15, 0.2) is 0 Å². The molecule has 5 heteroatoms. The van der Waals surface area contributed by atoms with Crippen LogP contribution in [0.25, 0.3) is 0 Å². The summed E-state index contributed by atoms with van der Waals surface area (Å²) in [6, 6.07) is -0.381. The van der Waals surface area contributed by atoms with E-state index in [2.05, 4.69) is 5.32 Å². The monoisotopic (exact) mass is 190 g/mol. The molecular formula is C7H11ClN2O2. The van der Waals surface area contributed by atoms with E-state index >= 15 is 0 Å². The first-order chi connectivity index (χ1) is 5.65. The van der Waals surface area contributed by atoms with Gasteiger partial charge in [-0.3, -0.25) is 15.0 Å². The lowest BCUT2D eigenvalue weighted by atomic mass is 10.3. The molecule has 0 saturated carbocycles. The number of carbonyl (C=O) groups excluding carboxylic acids is 2. The summed E-state index contributed by atoms with van der Waals surface area (Å²) in [4.78, 5) is 23.1. The highest BCUT2D eigenvalue weighted by Gasteiger charge is 2.30. The molecule has 0 radical (unpaired) electrons. The van der Waals surface area contributed by atoms with E-state index in [1.807, 2.05) is 6.92 Å². The van der Waals surface area contributed by atoms with Crippen LogP contribution >= 0.6 is 11.6 Å². The van der Waals surface area contributed by atoms with Crippen LogP contribution in [0.3, 0.4) is 0 Å². The van der Waals surface area contributed by atoms with Crippen LogP contribution in [0.4, 0.5) is 4.79 Å². The normalized spacial score (nSPS) is 19.7. The average molecular weight is 191 g/mol. The SMILES string of the molecule is CCCC(Cl)N1CC(=O)NC1=O. The molecule has 0 aromatic carbocycles. The minimum Gasteiger partial charge on any atom is -0.299 e. The fourth-order valence-corrected chi connectivity index (χ4v) is 1.45. The lowest BCUT2D eigenvalue weighted by Crippen LogP contribution is -2.34. The van der Waals surface area contributed by atoms with Crippen LogP contribution in [0.1, 0.15) is 19.8 Å². The van der Waals surface area contributed by atoms with Crippen molar-refractivity contribution < 1.29 is 9.59 Å². The van der Waals surface area contributed by atoms with Gasteiger partial charge in [-0.05, 0) is 6.42 Å². The van der Waals surface area contributed by atoms with E-state index in [9.17, 15) is 9.59 Å². The van der Waals surface area contributed by atoms with Crippen molar-refractivity contribution >= 4 is 23.5 Å². The number of hydrogen-bond donors (Lipinski definition) is 1. The van der Waals surface area contributed by atoms with Gasteiger partial charge in [0.1, 0.15) is 12.0 Å². The molecule has 0 aliphatic carbocycles. The zero-order valence-corrected chi connectivity index (χ0v) is 7.60. The summed E-state index contributed by atoms with van der Waals surface area (Å²) in [7, 11) is 0. The minimum absolute atomic E-state index is 0.0903. The zero-order chi connectivity index (χ0) is 9.14. The van der Waals surface area contributed by atoms with E-state index in [0.717, 1.165) is 6.42 Å². The summed E-state index contributed by atoms with van der Waals surface area (Å²) in [5.41, 5.74) is -0.360. The molecule has 0 aromatic rings. The number of rotatable bonds is 3. The molecule has 1 N–H and O–H groups in total. The molecule has 1 rings (SSSR count). The van der Waals surface area contributed by atoms with Gasteiger partial charge in [-0.25, -0.2) is 4.79 Å². The Bertz CT molecular complexity index is 208. The van der Waals surface area contributed by atoms with E-state index in [1.165, 1.54) is 4.90 Å². The van der Waals surface area contributed by atoms with Gasteiger partial charge in [0, 0.05) is 0 Å². The number of nitrogens with zero attached hydrogens (tertiary/aromatic N) is 1. The second kappa shape index (κ2) is 3.76. The van der Waals surface area contributed by atoms with Crippen LogP contribution in [-0.2, 0) is 4.79 Å². The van der Waals surface area contributed by atoms with Gasteiger partial charge in [0.05, 0.1) is 0 Å². The fraction of sp³-hybridized carbons (Fsp3) is 0.714.